The van der Waals surface area contributed by atoms with E-state index < -0.39 is 0 Å². The first-order chi connectivity index (χ1) is 7.83. The van der Waals surface area contributed by atoms with E-state index in [1.165, 1.54) is 0 Å². The number of aromatic nitrogens is 2. The summed E-state index contributed by atoms with van der Waals surface area (Å²) >= 11 is 0. The predicted octanol–water partition coefficient (Wildman–Crippen LogP) is -3.83. The molecule has 0 saturated carbocycles. The van der Waals surface area contributed by atoms with Gasteiger partial charge in [-0.05, 0) is 12.1 Å². The van der Waals surface area contributed by atoms with Gasteiger partial charge >= 0.3 is 16.5 Å². The van der Waals surface area contributed by atoms with Gasteiger partial charge in [-0.3, -0.25) is 9.97 Å². The van der Waals surface area contributed by atoms with E-state index in [1.54, 1.807) is 38.7 Å². The summed E-state index contributed by atoms with van der Waals surface area (Å²) in [6, 6.07) is 7.26. The van der Waals surface area contributed by atoms with Crippen molar-refractivity contribution in [2.45, 2.75) is 0 Å². The van der Waals surface area contributed by atoms with Crippen LogP contribution in [0.5, 0.6) is 11.5 Å². The van der Waals surface area contributed by atoms with E-state index >= 15 is 0 Å². The van der Waals surface area contributed by atoms with Crippen LogP contribution in [0, 0.1) is 0 Å². The molecular formula is C12H12Cl2N2NiO2. The topological polar surface area (TPSA) is 44.2 Å². The van der Waals surface area contributed by atoms with Crippen LogP contribution in [0.3, 0.4) is 0 Å². The monoisotopic (exact) mass is 344 g/mol. The minimum atomic E-state index is 0. The van der Waals surface area contributed by atoms with Gasteiger partial charge in [0.25, 0.3) is 0 Å². The van der Waals surface area contributed by atoms with Gasteiger partial charge in [0.05, 0.1) is 25.6 Å². The first-order valence-corrected chi connectivity index (χ1v) is 4.84. The van der Waals surface area contributed by atoms with Gasteiger partial charge in [-0.1, -0.05) is 0 Å². The number of nitrogens with zero attached hydrogens (tertiary/aromatic N) is 2. The van der Waals surface area contributed by atoms with Gasteiger partial charge in [0.2, 0.25) is 0 Å². The molecule has 0 amide bonds. The molecule has 0 radical (unpaired) electrons. The average molecular weight is 346 g/mol. The summed E-state index contributed by atoms with van der Waals surface area (Å²) in [5, 5.41) is 0. The molecule has 19 heavy (non-hydrogen) atoms. The standard InChI is InChI=1S/C12H12N2O2.2ClH.Ni/c1-15-9-3-5-13-11(7-9)12-8-10(16-2)4-6-14-12;;;/h3-8H,1-2H3;2*1H;/q;;;+2/p-2. The van der Waals surface area contributed by atoms with Crippen LogP contribution in [0.15, 0.2) is 36.7 Å². The summed E-state index contributed by atoms with van der Waals surface area (Å²) in [5.41, 5.74) is 1.52. The van der Waals surface area contributed by atoms with Gasteiger partial charge < -0.3 is 34.3 Å². The molecule has 0 atom stereocenters. The van der Waals surface area contributed by atoms with Crippen LogP contribution in [0.1, 0.15) is 0 Å². The Balaban J connectivity index is 0. The maximum atomic E-state index is 5.13. The Morgan fingerprint density at radius 2 is 1.16 bits per heavy atom. The Morgan fingerprint density at radius 3 is 1.47 bits per heavy atom. The molecule has 0 unspecified atom stereocenters. The summed E-state index contributed by atoms with van der Waals surface area (Å²) in [7, 11) is 3.25. The first kappa shape index (κ1) is 20.3. The van der Waals surface area contributed by atoms with Crippen LogP contribution in [0.25, 0.3) is 11.4 Å². The van der Waals surface area contributed by atoms with Crippen molar-refractivity contribution >= 4 is 0 Å². The molecular weight excluding hydrogens is 334 g/mol. The largest absolute Gasteiger partial charge is 2.00 e. The maximum absolute atomic E-state index is 5.13. The average Bonchev–Trinajstić information content (AvgIpc) is 2.39. The SMILES string of the molecule is COc1ccnc(-c2cc(OC)ccn2)c1.[Cl-].[Cl-].[Ni+2]. The Labute approximate surface area is 134 Å². The van der Waals surface area contributed by atoms with Gasteiger partial charge in [-0.15, -0.1) is 0 Å². The Kier molecular flexibility index (Phi) is 10.5. The molecule has 7 heteroatoms. The molecule has 106 valence electrons. The molecule has 2 heterocycles. The van der Waals surface area contributed by atoms with E-state index in [2.05, 4.69) is 9.97 Å². The summed E-state index contributed by atoms with van der Waals surface area (Å²) in [4.78, 5) is 8.47. The van der Waals surface area contributed by atoms with Crippen LogP contribution in [0.2, 0.25) is 0 Å². The van der Waals surface area contributed by atoms with Gasteiger partial charge in [-0.25, -0.2) is 0 Å². The normalized spacial score (nSPS) is 8.32. The number of methoxy groups -OCH3 is 2. The molecule has 4 nitrogen and oxygen atoms in total. The number of rotatable bonds is 3. The van der Waals surface area contributed by atoms with Crippen LogP contribution in [-0.2, 0) is 16.5 Å². The van der Waals surface area contributed by atoms with Crippen LogP contribution in [0.4, 0.5) is 0 Å². The van der Waals surface area contributed by atoms with E-state index in [9.17, 15) is 0 Å². The zero-order valence-electron chi connectivity index (χ0n) is 10.2. The van der Waals surface area contributed by atoms with Crippen molar-refractivity contribution in [1.29, 1.82) is 0 Å². The van der Waals surface area contributed by atoms with Crippen molar-refractivity contribution in [2.24, 2.45) is 0 Å². The number of ether oxygens (including phenoxy) is 2. The second kappa shape index (κ2) is 9.85. The van der Waals surface area contributed by atoms with Gasteiger partial charge in [0.15, 0.2) is 0 Å². The van der Waals surface area contributed by atoms with Gasteiger partial charge in [0, 0.05) is 24.5 Å². The summed E-state index contributed by atoms with van der Waals surface area (Å²) in [6.45, 7) is 0. The fourth-order valence-corrected chi connectivity index (χ4v) is 1.36. The Hall–Kier alpha value is -1.03. The van der Waals surface area contributed by atoms with Crippen molar-refractivity contribution in [3.05, 3.63) is 36.7 Å². The molecule has 0 aliphatic carbocycles. The zero-order chi connectivity index (χ0) is 11.4. The second-order valence-corrected chi connectivity index (χ2v) is 3.16. The Morgan fingerprint density at radius 1 is 0.789 bits per heavy atom. The van der Waals surface area contributed by atoms with Crippen molar-refractivity contribution in [2.75, 3.05) is 14.2 Å². The zero-order valence-corrected chi connectivity index (χ0v) is 12.7. The Bertz CT molecular complexity index is 455. The maximum Gasteiger partial charge on any atom is 2.00 e. The molecule has 2 aromatic rings. The number of hydrogen-bond donors (Lipinski definition) is 0. The third-order valence-electron chi connectivity index (χ3n) is 2.20. The third kappa shape index (κ3) is 5.23. The molecule has 0 N–H and O–H groups in total. The second-order valence-electron chi connectivity index (χ2n) is 3.16. The van der Waals surface area contributed by atoms with Crippen LogP contribution in [-0.4, -0.2) is 24.2 Å². The molecule has 0 saturated heterocycles. The van der Waals surface area contributed by atoms with Crippen molar-refractivity contribution in [3.63, 3.8) is 0 Å². The minimum absolute atomic E-state index is 0. The smallest absolute Gasteiger partial charge is 1.00 e. The molecule has 0 fully saturated rings. The number of pyridine rings is 2. The quantitative estimate of drug-likeness (QED) is 0.535. The molecule has 2 rings (SSSR count). The van der Waals surface area contributed by atoms with Crippen LogP contribution < -0.4 is 34.3 Å². The minimum Gasteiger partial charge on any atom is -1.00 e. The number of hydrogen-bond acceptors (Lipinski definition) is 4. The van der Waals surface area contributed by atoms with Crippen molar-refractivity contribution in [3.8, 4) is 22.9 Å². The van der Waals surface area contributed by atoms with E-state index in [-0.39, 0.29) is 41.3 Å². The molecule has 2 aromatic heterocycles. The fourth-order valence-electron chi connectivity index (χ4n) is 1.36. The molecule has 0 aromatic carbocycles. The summed E-state index contributed by atoms with van der Waals surface area (Å²) < 4.78 is 10.3. The van der Waals surface area contributed by atoms with Crippen molar-refractivity contribution < 1.29 is 50.8 Å². The summed E-state index contributed by atoms with van der Waals surface area (Å²) in [6.07, 6.45) is 3.38. The van der Waals surface area contributed by atoms with E-state index in [1.807, 2.05) is 12.1 Å². The van der Waals surface area contributed by atoms with Gasteiger partial charge in [0.1, 0.15) is 11.5 Å². The van der Waals surface area contributed by atoms with Crippen LogP contribution >= 0.6 is 0 Å². The summed E-state index contributed by atoms with van der Waals surface area (Å²) in [5.74, 6) is 1.52. The number of halogens is 2. The van der Waals surface area contributed by atoms with E-state index in [0.717, 1.165) is 22.9 Å². The van der Waals surface area contributed by atoms with Gasteiger partial charge in [-0.2, -0.15) is 0 Å². The molecule has 0 aliphatic rings. The molecule has 0 bridgehead atoms. The van der Waals surface area contributed by atoms with E-state index in [4.69, 9.17) is 9.47 Å². The fraction of sp³-hybridized carbons (Fsp3) is 0.167. The molecule has 0 spiro atoms. The van der Waals surface area contributed by atoms with E-state index in [0.29, 0.717) is 0 Å². The predicted molar refractivity (Wildman–Crippen MR) is 60.6 cm³/mol. The first-order valence-electron chi connectivity index (χ1n) is 4.84. The van der Waals surface area contributed by atoms with Crippen molar-refractivity contribution in [1.82, 2.24) is 9.97 Å². The molecule has 0 aliphatic heterocycles. The third-order valence-corrected chi connectivity index (χ3v) is 2.20.